The van der Waals surface area contributed by atoms with Crippen molar-refractivity contribution < 1.29 is 0 Å². The molecular formula is C15H18N2Si. The van der Waals surface area contributed by atoms with Gasteiger partial charge in [-0.2, -0.15) is 0 Å². The molecule has 0 aliphatic rings. The van der Waals surface area contributed by atoms with E-state index in [0.717, 1.165) is 6.17 Å². The van der Waals surface area contributed by atoms with Crippen LogP contribution in [0.15, 0.2) is 67.9 Å². The van der Waals surface area contributed by atoms with Crippen molar-refractivity contribution in [2.75, 3.05) is 0 Å². The second kappa shape index (κ2) is 5.19. The molecule has 0 aliphatic heterocycles. The van der Waals surface area contributed by atoms with Crippen LogP contribution < -0.4 is 0 Å². The summed E-state index contributed by atoms with van der Waals surface area (Å²) in [6.45, 7) is 10.6. The third kappa shape index (κ3) is 2.51. The van der Waals surface area contributed by atoms with Crippen LogP contribution in [0.2, 0.25) is 6.55 Å². The number of hydrogen-bond acceptors (Lipinski definition) is 1. The third-order valence-electron chi connectivity index (χ3n) is 3.33. The highest BCUT2D eigenvalue weighted by Gasteiger charge is 2.28. The van der Waals surface area contributed by atoms with Gasteiger partial charge < -0.3 is 4.57 Å². The lowest BCUT2D eigenvalue weighted by atomic mass is 10.2. The van der Waals surface area contributed by atoms with Gasteiger partial charge in [-0.25, -0.2) is 4.98 Å². The van der Waals surface area contributed by atoms with Crippen molar-refractivity contribution in [3.05, 3.63) is 73.5 Å². The Morgan fingerprint density at radius 1 is 1.39 bits per heavy atom. The molecule has 0 radical (unpaired) electrons. The second-order valence-electron chi connectivity index (χ2n) is 4.70. The Hall–Kier alpha value is -1.87. The van der Waals surface area contributed by atoms with Gasteiger partial charge in [0.25, 0.3) is 0 Å². The molecule has 0 N–H and O–H groups in total. The minimum atomic E-state index is -1.78. The highest BCUT2D eigenvalue weighted by atomic mass is 28.3. The van der Waals surface area contributed by atoms with Crippen LogP contribution in [0.4, 0.5) is 0 Å². The van der Waals surface area contributed by atoms with E-state index in [1.807, 2.05) is 24.8 Å². The SMILES string of the molecule is C=C[Si](C)(Cn1ccnc1)C(=C)c1ccccc1. The number of nitrogens with zero attached hydrogens (tertiary/aromatic N) is 2. The first kappa shape index (κ1) is 12.6. The molecule has 0 bridgehead atoms. The van der Waals surface area contributed by atoms with Gasteiger partial charge in [-0.05, 0) is 5.56 Å². The molecule has 0 fully saturated rings. The van der Waals surface area contributed by atoms with Gasteiger partial charge in [0.1, 0.15) is 8.07 Å². The summed E-state index contributed by atoms with van der Waals surface area (Å²) in [6.07, 6.45) is 6.59. The maximum Gasteiger partial charge on any atom is 0.127 e. The molecule has 1 atom stereocenters. The van der Waals surface area contributed by atoms with Crippen LogP contribution in [0.5, 0.6) is 0 Å². The van der Waals surface area contributed by atoms with Crippen LogP contribution in [0.25, 0.3) is 5.20 Å². The summed E-state index contributed by atoms with van der Waals surface area (Å²) in [5.41, 5.74) is 3.31. The number of benzene rings is 1. The fourth-order valence-corrected chi connectivity index (χ4v) is 4.35. The van der Waals surface area contributed by atoms with Gasteiger partial charge in [0, 0.05) is 18.6 Å². The first-order chi connectivity index (χ1) is 8.65. The summed E-state index contributed by atoms with van der Waals surface area (Å²) in [7, 11) is -1.78. The molecule has 2 aromatic rings. The molecule has 0 saturated carbocycles. The molecule has 2 rings (SSSR count). The van der Waals surface area contributed by atoms with Crippen molar-refractivity contribution in [1.82, 2.24) is 9.55 Å². The molecule has 1 heterocycles. The fraction of sp³-hybridized carbons (Fsp3) is 0.133. The molecule has 18 heavy (non-hydrogen) atoms. The van der Waals surface area contributed by atoms with E-state index < -0.39 is 8.07 Å². The molecule has 1 aromatic carbocycles. The third-order valence-corrected chi connectivity index (χ3v) is 6.92. The van der Waals surface area contributed by atoms with Gasteiger partial charge in [-0.1, -0.05) is 54.4 Å². The fourth-order valence-electron chi connectivity index (χ4n) is 2.01. The normalized spacial score (nSPS) is 13.8. The summed E-state index contributed by atoms with van der Waals surface area (Å²) < 4.78 is 2.11. The number of imidazole rings is 1. The van der Waals surface area contributed by atoms with Crippen molar-refractivity contribution in [1.29, 1.82) is 0 Å². The van der Waals surface area contributed by atoms with Crippen LogP contribution in [0.3, 0.4) is 0 Å². The van der Waals surface area contributed by atoms with E-state index >= 15 is 0 Å². The average Bonchev–Trinajstić information content (AvgIpc) is 2.91. The van der Waals surface area contributed by atoms with E-state index in [9.17, 15) is 0 Å². The predicted octanol–water partition coefficient (Wildman–Crippen LogP) is 3.48. The zero-order valence-corrected chi connectivity index (χ0v) is 11.7. The Morgan fingerprint density at radius 3 is 2.67 bits per heavy atom. The van der Waals surface area contributed by atoms with E-state index in [-0.39, 0.29) is 0 Å². The molecule has 1 unspecified atom stereocenters. The Bertz CT molecular complexity index is 531. The Kier molecular flexibility index (Phi) is 3.62. The lowest BCUT2D eigenvalue weighted by Gasteiger charge is -2.26. The van der Waals surface area contributed by atoms with E-state index in [1.54, 1.807) is 0 Å². The number of rotatable bonds is 5. The predicted molar refractivity (Wildman–Crippen MR) is 79.5 cm³/mol. The highest BCUT2D eigenvalue weighted by molar-refractivity contribution is 6.98. The molecule has 0 aliphatic carbocycles. The van der Waals surface area contributed by atoms with E-state index in [2.05, 4.69) is 59.2 Å². The molecule has 92 valence electrons. The van der Waals surface area contributed by atoms with Crippen molar-refractivity contribution in [3.63, 3.8) is 0 Å². The summed E-state index contributed by atoms with van der Waals surface area (Å²) in [6, 6.07) is 10.4. The summed E-state index contributed by atoms with van der Waals surface area (Å²) in [5.74, 6) is 0. The molecule has 2 nitrogen and oxygen atoms in total. The van der Waals surface area contributed by atoms with Crippen molar-refractivity contribution in [2.24, 2.45) is 0 Å². The van der Waals surface area contributed by atoms with E-state index in [0.29, 0.717) is 0 Å². The van der Waals surface area contributed by atoms with Crippen LogP contribution in [0.1, 0.15) is 5.56 Å². The van der Waals surface area contributed by atoms with E-state index in [1.165, 1.54) is 10.8 Å². The van der Waals surface area contributed by atoms with Crippen LogP contribution >= 0.6 is 0 Å². The minimum Gasteiger partial charge on any atom is -0.340 e. The van der Waals surface area contributed by atoms with Crippen LogP contribution in [0, 0.1) is 0 Å². The standard InChI is InChI=1S/C15H18N2Si/c1-4-18(3,13-17-11-10-16-12-17)14(2)15-8-6-5-7-9-15/h4-12H,1-2,13H2,3H3. The molecule has 1 aromatic heterocycles. The molecule has 0 spiro atoms. The molecule has 3 heteroatoms. The Labute approximate surface area is 109 Å². The topological polar surface area (TPSA) is 17.8 Å². The van der Waals surface area contributed by atoms with Gasteiger partial charge in [0.05, 0.1) is 6.33 Å². The smallest absolute Gasteiger partial charge is 0.127 e. The average molecular weight is 254 g/mol. The maximum atomic E-state index is 4.31. The van der Waals surface area contributed by atoms with Gasteiger partial charge in [0.15, 0.2) is 0 Å². The quantitative estimate of drug-likeness (QED) is 0.747. The van der Waals surface area contributed by atoms with E-state index in [4.69, 9.17) is 0 Å². The largest absolute Gasteiger partial charge is 0.340 e. The van der Waals surface area contributed by atoms with Crippen molar-refractivity contribution >= 4 is 13.3 Å². The number of hydrogen-bond donors (Lipinski definition) is 0. The summed E-state index contributed by atoms with van der Waals surface area (Å²) in [4.78, 5) is 4.09. The van der Waals surface area contributed by atoms with Gasteiger partial charge in [-0.15, -0.1) is 6.58 Å². The summed E-state index contributed by atoms with van der Waals surface area (Å²) in [5, 5.41) is 1.21. The van der Waals surface area contributed by atoms with Crippen molar-refractivity contribution in [2.45, 2.75) is 12.7 Å². The maximum absolute atomic E-state index is 4.31. The summed E-state index contributed by atoms with van der Waals surface area (Å²) >= 11 is 0. The lowest BCUT2D eigenvalue weighted by molar-refractivity contribution is 0.859. The van der Waals surface area contributed by atoms with Gasteiger partial charge in [-0.3, -0.25) is 0 Å². The molecule has 0 saturated heterocycles. The lowest BCUT2D eigenvalue weighted by Crippen LogP contribution is -2.35. The van der Waals surface area contributed by atoms with Gasteiger partial charge in [0.2, 0.25) is 0 Å². The first-order valence-corrected chi connectivity index (χ1v) is 8.78. The second-order valence-corrected chi connectivity index (χ2v) is 8.86. The number of aromatic nitrogens is 2. The van der Waals surface area contributed by atoms with Crippen LogP contribution in [-0.2, 0) is 6.17 Å². The Balaban J connectivity index is 2.27. The van der Waals surface area contributed by atoms with Crippen LogP contribution in [-0.4, -0.2) is 17.6 Å². The minimum absolute atomic E-state index is 0.935. The monoisotopic (exact) mass is 254 g/mol. The van der Waals surface area contributed by atoms with Crippen molar-refractivity contribution in [3.8, 4) is 0 Å². The zero-order chi connectivity index (χ0) is 13.0. The van der Waals surface area contributed by atoms with Gasteiger partial charge >= 0.3 is 0 Å². The Morgan fingerprint density at radius 2 is 2.11 bits per heavy atom. The molecular weight excluding hydrogens is 236 g/mol. The first-order valence-electron chi connectivity index (χ1n) is 6.00. The molecule has 0 amide bonds. The highest BCUT2D eigenvalue weighted by Crippen LogP contribution is 2.26. The zero-order valence-electron chi connectivity index (χ0n) is 10.7.